The molecule has 1 N–H and O–H groups in total. The van der Waals surface area contributed by atoms with Crippen LogP contribution in [0.5, 0.6) is 0 Å². The van der Waals surface area contributed by atoms with Crippen molar-refractivity contribution in [2.24, 2.45) is 0 Å². The van der Waals surface area contributed by atoms with Gasteiger partial charge in [0, 0.05) is 12.0 Å². The fraction of sp³-hybridized carbons (Fsp3) is 0.143. The molecular weight excluding hydrogens is 284 g/mol. The molecule has 7 heteroatoms. The van der Waals surface area contributed by atoms with Crippen LogP contribution in [0.3, 0.4) is 0 Å². The van der Waals surface area contributed by atoms with Crippen molar-refractivity contribution < 1.29 is 0 Å². The summed E-state index contributed by atoms with van der Waals surface area (Å²) < 4.78 is 1.81. The number of fused-ring (bicyclic) bond motifs is 1. The summed E-state index contributed by atoms with van der Waals surface area (Å²) in [4.78, 5) is 0.807. The Kier molecular flexibility index (Phi) is 2.78. The number of aromatic nitrogens is 6. The van der Waals surface area contributed by atoms with Crippen molar-refractivity contribution in [2.45, 2.75) is 13.3 Å². The summed E-state index contributed by atoms with van der Waals surface area (Å²) in [6.45, 7) is 2.04. The summed E-state index contributed by atoms with van der Waals surface area (Å²) in [5.41, 5.74) is 3.05. The third-order valence-corrected chi connectivity index (χ3v) is 4.24. The fourth-order valence-electron chi connectivity index (χ4n) is 2.26. The van der Waals surface area contributed by atoms with E-state index in [0.717, 1.165) is 39.0 Å². The predicted octanol–water partition coefficient (Wildman–Crippen LogP) is 2.81. The number of nitrogens with one attached hydrogen (secondary N) is 1. The number of nitrogens with zero attached hydrogens (tertiary/aromatic N) is 5. The van der Waals surface area contributed by atoms with Crippen LogP contribution in [0.4, 0.5) is 0 Å². The van der Waals surface area contributed by atoms with Gasteiger partial charge in [-0.2, -0.15) is 14.7 Å². The van der Waals surface area contributed by atoms with Gasteiger partial charge in [0.2, 0.25) is 4.96 Å². The van der Waals surface area contributed by atoms with Crippen molar-refractivity contribution >= 4 is 16.3 Å². The minimum Gasteiger partial charge on any atom is -0.277 e. The molecule has 0 atom stereocenters. The van der Waals surface area contributed by atoms with E-state index in [0.29, 0.717) is 0 Å². The third-order valence-electron chi connectivity index (χ3n) is 3.30. The van der Waals surface area contributed by atoms with Crippen LogP contribution in [-0.4, -0.2) is 30.0 Å². The highest BCUT2D eigenvalue weighted by Crippen LogP contribution is 2.32. The summed E-state index contributed by atoms with van der Waals surface area (Å²) in [6, 6.07) is 10.1. The number of benzene rings is 1. The van der Waals surface area contributed by atoms with E-state index in [1.165, 1.54) is 11.3 Å². The average Bonchev–Trinajstić information content (AvgIpc) is 3.22. The minimum absolute atomic E-state index is 0.807. The maximum atomic E-state index is 4.62. The van der Waals surface area contributed by atoms with Crippen LogP contribution in [0, 0.1) is 0 Å². The van der Waals surface area contributed by atoms with Gasteiger partial charge in [0.25, 0.3) is 0 Å². The van der Waals surface area contributed by atoms with Gasteiger partial charge < -0.3 is 0 Å². The number of aryl methyl sites for hydroxylation is 1. The van der Waals surface area contributed by atoms with Crippen molar-refractivity contribution in [1.82, 2.24) is 30.0 Å². The summed E-state index contributed by atoms with van der Waals surface area (Å²) in [7, 11) is 0. The second-order valence-corrected chi connectivity index (χ2v) is 5.55. The Morgan fingerprint density at radius 1 is 1.19 bits per heavy atom. The molecule has 1 aromatic carbocycles. The lowest BCUT2D eigenvalue weighted by molar-refractivity contribution is 0.838. The molecule has 4 aromatic rings. The Balaban J connectivity index is 1.86. The minimum atomic E-state index is 0.807. The number of rotatable bonds is 3. The van der Waals surface area contributed by atoms with Gasteiger partial charge in [-0.15, -0.1) is 10.2 Å². The molecule has 0 radical (unpaired) electrons. The summed E-state index contributed by atoms with van der Waals surface area (Å²) >= 11 is 1.52. The van der Waals surface area contributed by atoms with Gasteiger partial charge in [0.05, 0.1) is 17.5 Å². The molecule has 0 amide bonds. The van der Waals surface area contributed by atoms with E-state index in [2.05, 4.69) is 37.6 Å². The molecular formula is C14H12N6S. The SMILES string of the molecule is CCc1nnc2sc(-c3cn[nH]c3-c3ccccc3)nn12. The highest BCUT2D eigenvalue weighted by Gasteiger charge is 2.16. The Morgan fingerprint density at radius 2 is 2.05 bits per heavy atom. The van der Waals surface area contributed by atoms with Crippen LogP contribution in [0.25, 0.3) is 26.8 Å². The van der Waals surface area contributed by atoms with Crippen molar-refractivity contribution in [2.75, 3.05) is 0 Å². The molecule has 0 aliphatic heterocycles. The zero-order chi connectivity index (χ0) is 14.2. The Labute approximate surface area is 124 Å². The van der Waals surface area contributed by atoms with Crippen LogP contribution < -0.4 is 0 Å². The Bertz CT molecular complexity index is 889. The molecule has 0 aliphatic rings. The van der Waals surface area contributed by atoms with Gasteiger partial charge in [0.15, 0.2) is 10.8 Å². The molecule has 21 heavy (non-hydrogen) atoms. The van der Waals surface area contributed by atoms with Crippen molar-refractivity contribution in [3.63, 3.8) is 0 Å². The molecule has 0 fully saturated rings. The normalized spacial score (nSPS) is 11.3. The highest BCUT2D eigenvalue weighted by molar-refractivity contribution is 7.19. The predicted molar refractivity (Wildman–Crippen MR) is 81.1 cm³/mol. The molecule has 0 aliphatic carbocycles. The topological polar surface area (TPSA) is 71.8 Å². The number of aromatic amines is 1. The lowest BCUT2D eigenvalue weighted by Crippen LogP contribution is -1.93. The van der Waals surface area contributed by atoms with E-state index >= 15 is 0 Å². The van der Waals surface area contributed by atoms with Gasteiger partial charge in [-0.05, 0) is 0 Å². The molecule has 3 aromatic heterocycles. The van der Waals surface area contributed by atoms with Gasteiger partial charge >= 0.3 is 0 Å². The standard InChI is InChI=1S/C14H12N6S/c1-2-11-16-18-14-20(11)19-13(21-14)10-8-15-17-12(10)9-6-4-3-5-7-9/h3-8H,2H2,1H3,(H,15,17). The second-order valence-electron chi connectivity index (χ2n) is 4.60. The van der Waals surface area contributed by atoms with Gasteiger partial charge in [0.1, 0.15) is 0 Å². The largest absolute Gasteiger partial charge is 0.277 e. The first-order chi connectivity index (χ1) is 10.4. The molecule has 6 nitrogen and oxygen atoms in total. The highest BCUT2D eigenvalue weighted by atomic mass is 32.1. The Hall–Kier alpha value is -2.54. The maximum absolute atomic E-state index is 4.62. The number of hydrogen-bond donors (Lipinski definition) is 1. The quantitative estimate of drug-likeness (QED) is 0.631. The van der Waals surface area contributed by atoms with Crippen LogP contribution >= 0.6 is 11.3 Å². The molecule has 0 saturated heterocycles. The number of hydrogen-bond acceptors (Lipinski definition) is 5. The smallest absolute Gasteiger partial charge is 0.234 e. The van der Waals surface area contributed by atoms with Crippen molar-refractivity contribution in [1.29, 1.82) is 0 Å². The van der Waals surface area contributed by atoms with Gasteiger partial charge in [-0.25, -0.2) is 0 Å². The number of H-pyrrole nitrogens is 1. The van der Waals surface area contributed by atoms with Crippen LogP contribution in [0.1, 0.15) is 12.7 Å². The van der Waals surface area contributed by atoms with Gasteiger partial charge in [-0.3, -0.25) is 5.10 Å². The molecule has 4 rings (SSSR count). The monoisotopic (exact) mass is 296 g/mol. The second kappa shape index (κ2) is 4.78. The van der Waals surface area contributed by atoms with E-state index in [1.54, 1.807) is 6.20 Å². The maximum Gasteiger partial charge on any atom is 0.234 e. The lowest BCUT2D eigenvalue weighted by atomic mass is 10.1. The first-order valence-electron chi connectivity index (χ1n) is 6.67. The molecule has 3 heterocycles. The van der Waals surface area contributed by atoms with Crippen molar-refractivity contribution in [3.05, 3.63) is 42.4 Å². The first-order valence-corrected chi connectivity index (χ1v) is 7.48. The third kappa shape index (κ3) is 1.93. The average molecular weight is 296 g/mol. The molecule has 0 unspecified atom stereocenters. The zero-order valence-corrected chi connectivity index (χ0v) is 12.1. The summed E-state index contributed by atoms with van der Waals surface area (Å²) in [5.74, 6) is 0.872. The zero-order valence-electron chi connectivity index (χ0n) is 11.3. The van der Waals surface area contributed by atoms with E-state index in [4.69, 9.17) is 0 Å². The van der Waals surface area contributed by atoms with E-state index < -0.39 is 0 Å². The molecule has 0 bridgehead atoms. The lowest BCUT2D eigenvalue weighted by Gasteiger charge is -1.99. The first kappa shape index (κ1) is 12.2. The Morgan fingerprint density at radius 3 is 2.86 bits per heavy atom. The van der Waals surface area contributed by atoms with E-state index in [-0.39, 0.29) is 0 Å². The van der Waals surface area contributed by atoms with Crippen LogP contribution in [0.2, 0.25) is 0 Å². The van der Waals surface area contributed by atoms with Crippen LogP contribution in [-0.2, 0) is 6.42 Å². The summed E-state index contributed by atoms with van der Waals surface area (Å²) in [5, 5.41) is 21.0. The molecule has 0 saturated carbocycles. The van der Waals surface area contributed by atoms with Crippen LogP contribution in [0.15, 0.2) is 36.5 Å². The molecule has 0 spiro atoms. The van der Waals surface area contributed by atoms with E-state index in [1.807, 2.05) is 29.6 Å². The van der Waals surface area contributed by atoms with Crippen molar-refractivity contribution in [3.8, 4) is 21.8 Å². The van der Waals surface area contributed by atoms with E-state index in [9.17, 15) is 0 Å². The molecule has 104 valence electrons. The summed E-state index contributed by atoms with van der Waals surface area (Å²) in [6.07, 6.45) is 2.61. The fourth-order valence-corrected chi connectivity index (χ4v) is 3.13. The van der Waals surface area contributed by atoms with Gasteiger partial charge in [-0.1, -0.05) is 48.6 Å².